The molecule has 3 heterocycles. The van der Waals surface area contributed by atoms with Crippen LogP contribution in [0.5, 0.6) is 0 Å². The lowest BCUT2D eigenvalue weighted by Crippen LogP contribution is -2.45. The number of hydrogen-bond acceptors (Lipinski definition) is 7. The molecular weight excluding hydrogens is 532 g/mol. The summed E-state index contributed by atoms with van der Waals surface area (Å²) in [6, 6.07) is 6.44. The average molecular weight is 565 g/mol. The first-order valence-electron chi connectivity index (χ1n) is 12.8. The van der Waals surface area contributed by atoms with Gasteiger partial charge in [0.1, 0.15) is 11.6 Å². The van der Waals surface area contributed by atoms with Crippen LogP contribution in [0.2, 0.25) is 5.02 Å². The number of aromatic nitrogens is 2. The SMILES string of the molecule is CCCCC1CN(C(=O)C[C@@H]2C[C@@H](O)CN2C(=O)CS(C)(=O)=O)Cc2c1nc(-c1ccc(Cl)cc1)[nH]c2=O. The number of aliphatic hydroxyl groups excluding tert-OH is 1. The maximum absolute atomic E-state index is 13.4. The summed E-state index contributed by atoms with van der Waals surface area (Å²) in [4.78, 5) is 49.7. The summed E-state index contributed by atoms with van der Waals surface area (Å²) < 4.78 is 23.3. The monoisotopic (exact) mass is 564 g/mol. The first kappa shape index (κ1) is 28.3. The predicted molar refractivity (Wildman–Crippen MR) is 143 cm³/mol. The molecule has 0 saturated carbocycles. The van der Waals surface area contributed by atoms with Crippen molar-refractivity contribution in [2.75, 3.05) is 25.1 Å². The zero-order valence-electron chi connectivity index (χ0n) is 21.5. The van der Waals surface area contributed by atoms with Crippen molar-refractivity contribution in [1.82, 2.24) is 19.8 Å². The van der Waals surface area contributed by atoms with Crippen LogP contribution in [0, 0.1) is 0 Å². The molecule has 1 unspecified atom stereocenters. The molecule has 2 aliphatic heterocycles. The van der Waals surface area contributed by atoms with Crippen LogP contribution in [0.1, 0.15) is 56.2 Å². The summed E-state index contributed by atoms with van der Waals surface area (Å²) in [5, 5.41) is 10.7. The van der Waals surface area contributed by atoms with E-state index in [0.29, 0.717) is 28.6 Å². The van der Waals surface area contributed by atoms with Crippen LogP contribution in [0.4, 0.5) is 0 Å². The summed E-state index contributed by atoms with van der Waals surface area (Å²) in [7, 11) is -3.55. The number of rotatable bonds is 8. The molecule has 0 radical (unpaired) electrons. The minimum absolute atomic E-state index is 0.00861. The van der Waals surface area contributed by atoms with Gasteiger partial charge in [0, 0.05) is 48.3 Å². The number of carbonyl (C=O) groups excluding carboxylic acids is 2. The van der Waals surface area contributed by atoms with E-state index >= 15 is 0 Å². The van der Waals surface area contributed by atoms with Gasteiger partial charge in [-0.15, -0.1) is 0 Å². The Morgan fingerprint density at radius 1 is 1.18 bits per heavy atom. The number of β-amino-alcohol motifs (C(OH)–C–C–N with tert-alkyl or cyclic N) is 1. The second-order valence-corrected chi connectivity index (χ2v) is 12.8. The molecule has 3 atom stereocenters. The molecule has 1 saturated heterocycles. The number of fused-ring (bicyclic) bond motifs is 1. The fourth-order valence-corrected chi connectivity index (χ4v) is 6.00. The maximum Gasteiger partial charge on any atom is 0.256 e. The molecule has 10 nitrogen and oxygen atoms in total. The first-order chi connectivity index (χ1) is 17.9. The molecule has 206 valence electrons. The average Bonchev–Trinajstić information content (AvgIpc) is 3.22. The third-order valence-corrected chi connectivity index (χ3v) is 8.13. The number of amides is 2. The number of aliphatic hydroxyl groups is 1. The second-order valence-electron chi connectivity index (χ2n) is 10.3. The summed E-state index contributed by atoms with van der Waals surface area (Å²) in [5.41, 5.74) is 1.57. The van der Waals surface area contributed by atoms with Gasteiger partial charge >= 0.3 is 0 Å². The number of nitrogens with zero attached hydrogens (tertiary/aromatic N) is 3. The minimum Gasteiger partial charge on any atom is -0.391 e. The summed E-state index contributed by atoms with van der Waals surface area (Å²) in [6.45, 7) is 2.54. The maximum atomic E-state index is 13.4. The number of carbonyl (C=O) groups is 2. The number of benzene rings is 1. The van der Waals surface area contributed by atoms with E-state index in [1.165, 1.54) is 4.90 Å². The van der Waals surface area contributed by atoms with Crippen molar-refractivity contribution in [3.8, 4) is 11.4 Å². The van der Waals surface area contributed by atoms with Gasteiger partial charge in [0.15, 0.2) is 9.84 Å². The third kappa shape index (κ3) is 6.62. The van der Waals surface area contributed by atoms with Crippen LogP contribution in [-0.2, 0) is 26.0 Å². The van der Waals surface area contributed by atoms with Crippen molar-refractivity contribution in [3.63, 3.8) is 0 Å². The molecule has 1 aromatic heterocycles. The predicted octanol–water partition coefficient (Wildman–Crippen LogP) is 2.10. The number of halogens is 1. The summed E-state index contributed by atoms with van der Waals surface area (Å²) >= 11 is 6.00. The summed E-state index contributed by atoms with van der Waals surface area (Å²) in [6.07, 6.45) is 2.89. The van der Waals surface area contributed by atoms with Crippen LogP contribution in [0.15, 0.2) is 29.1 Å². The van der Waals surface area contributed by atoms with E-state index in [-0.39, 0.29) is 43.3 Å². The van der Waals surface area contributed by atoms with Gasteiger partial charge in [0.25, 0.3) is 5.56 Å². The molecule has 0 spiro atoms. The molecule has 1 fully saturated rings. The van der Waals surface area contributed by atoms with Crippen LogP contribution in [-0.4, -0.2) is 82.4 Å². The molecule has 2 aromatic rings. The van der Waals surface area contributed by atoms with Crippen molar-refractivity contribution in [2.24, 2.45) is 0 Å². The second kappa shape index (κ2) is 11.5. The quantitative estimate of drug-likeness (QED) is 0.500. The van der Waals surface area contributed by atoms with Crippen LogP contribution >= 0.6 is 11.6 Å². The highest BCUT2D eigenvalue weighted by atomic mass is 35.5. The van der Waals surface area contributed by atoms with Gasteiger partial charge in [-0.1, -0.05) is 31.4 Å². The molecule has 38 heavy (non-hydrogen) atoms. The zero-order chi connectivity index (χ0) is 27.6. The number of sulfone groups is 1. The Labute approximate surface area is 226 Å². The van der Waals surface area contributed by atoms with Gasteiger partial charge in [0.2, 0.25) is 11.8 Å². The van der Waals surface area contributed by atoms with Gasteiger partial charge in [-0.2, -0.15) is 0 Å². The first-order valence-corrected chi connectivity index (χ1v) is 15.2. The van der Waals surface area contributed by atoms with Crippen molar-refractivity contribution in [2.45, 2.75) is 63.6 Å². The number of nitrogens with one attached hydrogen (secondary N) is 1. The Balaban J connectivity index is 1.57. The molecule has 0 bridgehead atoms. The van der Waals surface area contributed by atoms with Crippen LogP contribution in [0.3, 0.4) is 0 Å². The van der Waals surface area contributed by atoms with E-state index in [1.54, 1.807) is 29.2 Å². The van der Waals surface area contributed by atoms with Crippen LogP contribution < -0.4 is 5.56 Å². The molecule has 2 aliphatic rings. The Hall–Kier alpha value is -2.76. The number of unbranched alkanes of at least 4 members (excludes halogenated alkanes) is 1. The number of H-pyrrole nitrogens is 1. The van der Waals surface area contributed by atoms with Gasteiger partial charge in [-0.25, -0.2) is 13.4 Å². The van der Waals surface area contributed by atoms with Gasteiger partial charge in [-0.3, -0.25) is 14.4 Å². The summed E-state index contributed by atoms with van der Waals surface area (Å²) in [5.74, 6) is -1.23. The zero-order valence-corrected chi connectivity index (χ0v) is 23.1. The molecule has 2 amide bonds. The van der Waals surface area contributed by atoms with Crippen molar-refractivity contribution in [3.05, 3.63) is 50.9 Å². The lowest BCUT2D eigenvalue weighted by Gasteiger charge is -2.35. The van der Waals surface area contributed by atoms with E-state index < -0.39 is 33.6 Å². The number of aromatic amines is 1. The van der Waals surface area contributed by atoms with E-state index in [2.05, 4.69) is 11.9 Å². The van der Waals surface area contributed by atoms with E-state index in [1.807, 2.05) is 0 Å². The molecule has 12 heteroatoms. The Bertz CT molecular complexity index is 1360. The molecule has 0 aliphatic carbocycles. The van der Waals surface area contributed by atoms with Gasteiger partial charge in [0.05, 0.1) is 23.9 Å². The third-order valence-electron chi connectivity index (χ3n) is 7.11. The molecule has 2 N–H and O–H groups in total. The Kier molecular flexibility index (Phi) is 8.59. The van der Waals surface area contributed by atoms with Gasteiger partial charge < -0.3 is 19.9 Å². The van der Waals surface area contributed by atoms with E-state index in [0.717, 1.165) is 31.1 Å². The van der Waals surface area contributed by atoms with Crippen molar-refractivity contribution < 1.29 is 23.1 Å². The highest BCUT2D eigenvalue weighted by Gasteiger charge is 2.39. The number of hydrogen-bond donors (Lipinski definition) is 2. The van der Waals surface area contributed by atoms with E-state index in [4.69, 9.17) is 16.6 Å². The molecule has 4 rings (SSSR count). The fourth-order valence-electron chi connectivity index (χ4n) is 5.26. The largest absolute Gasteiger partial charge is 0.391 e. The Morgan fingerprint density at radius 2 is 1.89 bits per heavy atom. The normalized spacial score (nSPS) is 21.4. The minimum atomic E-state index is -3.55. The lowest BCUT2D eigenvalue weighted by atomic mass is 9.90. The van der Waals surface area contributed by atoms with Gasteiger partial charge in [-0.05, 0) is 37.1 Å². The molecule has 1 aromatic carbocycles. The standard InChI is InChI=1S/C26H33ClN4O6S/c1-3-4-5-17-12-30(22(33)11-19-10-20(32)13-31(19)23(34)15-38(2,36)37)14-21-24(17)28-25(29-26(21)35)16-6-8-18(27)9-7-16/h6-9,17,19-20,32H,3-5,10-15H2,1-2H3,(H,28,29,35)/t17?,19-,20+/m0/s1. The van der Waals surface area contributed by atoms with Crippen molar-refractivity contribution in [1.29, 1.82) is 0 Å². The smallest absolute Gasteiger partial charge is 0.256 e. The molecular formula is C26H33ClN4O6S. The van der Waals surface area contributed by atoms with Crippen molar-refractivity contribution >= 4 is 33.3 Å². The fraction of sp³-hybridized carbons (Fsp3) is 0.538. The van der Waals surface area contributed by atoms with E-state index in [9.17, 15) is 27.9 Å². The lowest BCUT2D eigenvalue weighted by molar-refractivity contribution is -0.135. The van der Waals surface area contributed by atoms with Crippen LogP contribution in [0.25, 0.3) is 11.4 Å². The topological polar surface area (TPSA) is 141 Å². The Morgan fingerprint density at radius 3 is 2.55 bits per heavy atom. The number of likely N-dealkylation sites (tertiary alicyclic amines) is 1. The highest BCUT2D eigenvalue weighted by molar-refractivity contribution is 7.91. The highest BCUT2D eigenvalue weighted by Crippen LogP contribution is 2.32.